The van der Waals surface area contributed by atoms with Crippen LogP contribution in [0.2, 0.25) is 0 Å². The van der Waals surface area contributed by atoms with Crippen LogP contribution in [0.3, 0.4) is 0 Å². The molecule has 0 N–H and O–H groups in total. The zero-order valence-corrected chi connectivity index (χ0v) is 9.77. The Morgan fingerprint density at radius 3 is 2.38 bits per heavy atom. The number of nitrogens with zero attached hydrogens (tertiary/aromatic N) is 1. The summed E-state index contributed by atoms with van der Waals surface area (Å²) in [5.74, 6) is 0. The summed E-state index contributed by atoms with van der Waals surface area (Å²) in [6.07, 6.45) is 6.85. The average molecular weight is 232 g/mol. The first-order valence-electron chi connectivity index (χ1n) is 5.04. The fraction of sp³-hybridized carbons (Fsp3) is 0.0714. The van der Waals surface area contributed by atoms with Gasteiger partial charge in [0.1, 0.15) is 0 Å². The number of pyridine rings is 1. The van der Waals surface area contributed by atoms with E-state index in [1.54, 1.807) is 6.20 Å². The van der Waals surface area contributed by atoms with Crippen LogP contribution in [0.1, 0.15) is 11.1 Å². The lowest BCUT2D eigenvalue weighted by Gasteiger charge is -1.99. The molecule has 0 spiro atoms. The molecular formula is C14H14ClN. The van der Waals surface area contributed by atoms with Crippen LogP contribution in [0, 0.1) is 0 Å². The van der Waals surface area contributed by atoms with Crippen LogP contribution in [-0.4, -0.2) is 0 Å². The third kappa shape index (κ3) is 3.21. The summed E-state index contributed by atoms with van der Waals surface area (Å²) in [7, 11) is 0. The van der Waals surface area contributed by atoms with E-state index in [1.807, 2.05) is 22.9 Å². The third-order valence-electron chi connectivity index (χ3n) is 2.35. The van der Waals surface area contributed by atoms with Crippen molar-refractivity contribution in [3.8, 4) is 0 Å². The minimum absolute atomic E-state index is 0. The van der Waals surface area contributed by atoms with E-state index in [-0.39, 0.29) is 12.4 Å². The van der Waals surface area contributed by atoms with Crippen molar-refractivity contribution in [1.82, 2.24) is 0 Å². The Morgan fingerprint density at radius 1 is 1.00 bits per heavy atom. The van der Waals surface area contributed by atoms with Gasteiger partial charge in [0.2, 0.25) is 0 Å². The van der Waals surface area contributed by atoms with E-state index < -0.39 is 0 Å². The van der Waals surface area contributed by atoms with Gasteiger partial charge < -0.3 is 12.4 Å². The molecule has 0 fully saturated rings. The van der Waals surface area contributed by atoms with Gasteiger partial charge in [-0.3, -0.25) is 0 Å². The van der Waals surface area contributed by atoms with E-state index in [2.05, 4.69) is 43.1 Å². The first-order valence-corrected chi connectivity index (χ1v) is 5.04. The molecular weight excluding hydrogens is 218 g/mol. The molecule has 1 aromatic heterocycles. The SMILES string of the molecule is C=C[n+]1cccc(Cc2ccccc2)c1.[Cl-]. The summed E-state index contributed by atoms with van der Waals surface area (Å²) in [5.41, 5.74) is 2.63. The van der Waals surface area contributed by atoms with Crippen molar-refractivity contribution in [1.29, 1.82) is 0 Å². The van der Waals surface area contributed by atoms with Crippen LogP contribution in [0.25, 0.3) is 6.20 Å². The van der Waals surface area contributed by atoms with E-state index in [4.69, 9.17) is 0 Å². The second kappa shape index (κ2) is 6.09. The van der Waals surface area contributed by atoms with Gasteiger partial charge in [-0.1, -0.05) is 30.3 Å². The van der Waals surface area contributed by atoms with Crippen molar-refractivity contribution in [2.45, 2.75) is 6.42 Å². The Labute approximate surface area is 102 Å². The van der Waals surface area contributed by atoms with Gasteiger partial charge >= 0.3 is 0 Å². The molecule has 1 aromatic carbocycles. The highest BCUT2D eigenvalue weighted by Crippen LogP contribution is 2.06. The standard InChI is InChI=1S/C14H14N.ClH/c1-2-15-10-6-9-14(12-15)11-13-7-4-3-5-8-13;/h2-10,12H,1,11H2;1H/q+1;/p-1. The highest BCUT2D eigenvalue weighted by molar-refractivity contribution is 5.23. The van der Waals surface area contributed by atoms with Crippen LogP contribution in [0.5, 0.6) is 0 Å². The molecule has 2 aromatic rings. The minimum Gasteiger partial charge on any atom is -1.00 e. The molecule has 2 heteroatoms. The van der Waals surface area contributed by atoms with Gasteiger partial charge in [-0.2, -0.15) is 4.57 Å². The smallest absolute Gasteiger partial charge is 0.177 e. The van der Waals surface area contributed by atoms with Gasteiger partial charge in [-0.15, -0.1) is 0 Å². The van der Waals surface area contributed by atoms with Crippen LogP contribution in [-0.2, 0) is 6.42 Å². The zero-order chi connectivity index (χ0) is 10.5. The van der Waals surface area contributed by atoms with E-state index >= 15 is 0 Å². The van der Waals surface area contributed by atoms with Gasteiger partial charge in [0.25, 0.3) is 0 Å². The largest absolute Gasteiger partial charge is 1.00 e. The lowest BCUT2D eigenvalue weighted by Crippen LogP contribution is -3.00. The maximum atomic E-state index is 3.74. The molecule has 0 radical (unpaired) electrons. The number of benzene rings is 1. The lowest BCUT2D eigenvalue weighted by molar-refractivity contribution is -0.568. The summed E-state index contributed by atoms with van der Waals surface area (Å²) >= 11 is 0. The molecule has 82 valence electrons. The molecule has 0 aliphatic carbocycles. The molecule has 0 atom stereocenters. The molecule has 2 rings (SSSR count). The van der Waals surface area contributed by atoms with Crippen molar-refractivity contribution >= 4 is 6.20 Å². The minimum atomic E-state index is 0. The summed E-state index contributed by atoms with van der Waals surface area (Å²) in [4.78, 5) is 0. The molecule has 0 saturated carbocycles. The molecule has 0 bridgehead atoms. The van der Waals surface area contributed by atoms with Crippen molar-refractivity contribution in [3.05, 3.63) is 72.6 Å². The van der Waals surface area contributed by atoms with Gasteiger partial charge in [-0.25, -0.2) is 0 Å². The predicted molar refractivity (Wildman–Crippen MR) is 62.3 cm³/mol. The maximum Gasteiger partial charge on any atom is 0.177 e. The topological polar surface area (TPSA) is 3.88 Å². The molecule has 0 aliphatic heterocycles. The molecule has 0 amide bonds. The normalized spacial score (nSPS) is 9.25. The summed E-state index contributed by atoms with van der Waals surface area (Å²) in [6, 6.07) is 14.6. The second-order valence-corrected chi connectivity index (χ2v) is 3.50. The van der Waals surface area contributed by atoms with Crippen molar-refractivity contribution < 1.29 is 17.0 Å². The zero-order valence-electron chi connectivity index (χ0n) is 9.01. The van der Waals surface area contributed by atoms with Gasteiger partial charge in [0, 0.05) is 18.1 Å². The van der Waals surface area contributed by atoms with Crippen molar-refractivity contribution in [2.75, 3.05) is 0 Å². The molecule has 0 saturated heterocycles. The fourth-order valence-electron chi connectivity index (χ4n) is 1.59. The molecule has 16 heavy (non-hydrogen) atoms. The number of rotatable bonds is 3. The van der Waals surface area contributed by atoms with E-state index in [1.165, 1.54) is 11.1 Å². The summed E-state index contributed by atoms with van der Waals surface area (Å²) < 4.78 is 1.97. The Balaban J connectivity index is 0.00000128. The first-order chi connectivity index (χ1) is 7.38. The predicted octanol–water partition coefficient (Wildman–Crippen LogP) is -0.331. The van der Waals surface area contributed by atoms with Crippen molar-refractivity contribution in [3.63, 3.8) is 0 Å². The third-order valence-corrected chi connectivity index (χ3v) is 2.35. The Bertz CT molecular complexity index is 451. The quantitative estimate of drug-likeness (QED) is 0.637. The number of hydrogen-bond acceptors (Lipinski definition) is 0. The average Bonchev–Trinajstić information content (AvgIpc) is 2.31. The summed E-state index contributed by atoms with van der Waals surface area (Å²) in [6.45, 7) is 3.74. The fourth-order valence-corrected chi connectivity index (χ4v) is 1.59. The number of aromatic nitrogens is 1. The molecule has 0 aliphatic rings. The van der Waals surface area contributed by atoms with Crippen LogP contribution < -0.4 is 17.0 Å². The molecule has 0 unspecified atom stereocenters. The van der Waals surface area contributed by atoms with Gasteiger partial charge in [0.15, 0.2) is 18.6 Å². The summed E-state index contributed by atoms with van der Waals surface area (Å²) in [5, 5.41) is 0. The van der Waals surface area contributed by atoms with Crippen LogP contribution >= 0.6 is 0 Å². The first kappa shape index (κ1) is 12.5. The monoisotopic (exact) mass is 231 g/mol. The van der Waals surface area contributed by atoms with E-state index in [0.29, 0.717) is 0 Å². The Hall–Kier alpha value is -1.60. The Morgan fingerprint density at radius 2 is 1.69 bits per heavy atom. The van der Waals surface area contributed by atoms with Gasteiger partial charge in [-0.05, 0) is 18.2 Å². The molecule has 1 nitrogen and oxygen atoms in total. The lowest BCUT2D eigenvalue weighted by atomic mass is 10.1. The second-order valence-electron chi connectivity index (χ2n) is 3.50. The highest BCUT2D eigenvalue weighted by Gasteiger charge is 2.00. The van der Waals surface area contributed by atoms with E-state index in [0.717, 1.165) is 6.42 Å². The number of halogens is 1. The maximum absolute atomic E-state index is 3.74. The van der Waals surface area contributed by atoms with Crippen LogP contribution in [0.15, 0.2) is 61.4 Å². The van der Waals surface area contributed by atoms with Crippen molar-refractivity contribution in [2.24, 2.45) is 0 Å². The van der Waals surface area contributed by atoms with Gasteiger partial charge in [0.05, 0.1) is 0 Å². The van der Waals surface area contributed by atoms with E-state index in [9.17, 15) is 0 Å². The van der Waals surface area contributed by atoms with Crippen LogP contribution in [0.4, 0.5) is 0 Å². The highest BCUT2D eigenvalue weighted by atomic mass is 35.5. The number of hydrogen-bond donors (Lipinski definition) is 0. The Kier molecular flexibility index (Phi) is 4.74. The molecule has 1 heterocycles.